The van der Waals surface area contributed by atoms with Gasteiger partial charge in [-0.05, 0) is 25.0 Å². The second-order valence-corrected chi connectivity index (χ2v) is 6.05. The van der Waals surface area contributed by atoms with E-state index in [0.717, 1.165) is 17.0 Å². The Labute approximate surface area is 147 Å². The van der Waals surface area contributed by atoms with Gasteiger partial charge >= 0.3 is 5.82 Å². The highest BCUT2D eigenvalue weighted by Gasteiger charge is 2.19. The largest absolute Gasteiger partial charge is 0.497 e. The van der Waals surface area contributed by atoms with Gasteiger partial charge in [-0.25, -0.2) is 4.57 Å². The number of pyridine rings is 2. The van der Waals surface area contributed by atoms with Crippen molar-refractivity contribution in [3.8, 4) is 11.5 Å². The van der Waals surface area contributed by atoms with Gasteiger partial charge in [0.2, 0.25) is 0 Å². The van der Waals surface area contributed by atoms with Gasteiger partial charge in [0, 0.05) is 25.4 Å². The molecular weight excluding hydrogens is 320 g/mol. The Morgan fingerprint density at radius 3 is 2.48 bits per heavy atom. The molecule has 25 heavy (non-hydrogen) atoms. The van der Waals surface area contributed by atoms with E-state index < -0.39 is 5.66 Å². The predicted molar refractivity (Wildman–Crippen MR) is 93.4 cm³/mol. The van der Waals surface area contributed by atoms with Gasteiger partial charge in [-0.2, -0.15) is 5.10 Å². The van der Waals surface area contributed by atoms with E-state index in [2.05, 4.69) is 20.8 Å². The molecule has 8 nitrogen and oxygen atoms in total. The summed E-state index contributed by atoms with van der Waals surface area (Å²) < 4.78 is 14.2. The van der Waals surface area contributed by atoms with E-state index in [-0.39, 0.29) is 0 Å². The molecule has 0 bridgehead atoms. The van der Waals surface area contributed by atoms with E-state index in [1.54, 1.807) is 14.2 Å². The second-order valence-electron chi connectivity index (χ2n) is 6.05. The third kappa shape index (κ3) is 5.03. The maximum Gasteiger partial charge on any atom is 0.353 e. The van der Waals surface area contributed by atoms with Gasteiger partial charge in [0.25, 0.3) is 0 Å². The summed E-state index contributed by atoms with van der Waals surface area (Å²) in [6.07, 6.45) is 3.75. The summed E-state index contributed by atoms with van der Waals surface area (Å²) in [6, 6.07) is 7.38. The van der Waals surface area contributed by atoms with E-state index in [1.165, 1.54) is 0 Å². The van der Waals surface area contributed by atoms with E-state index in [0.29, 0.717) is 5.82 Å². The minimum Gasteiger partial charge on any atom is -0.497 e. The van der Waals surface area contributed by atoms with Crippen molar-refractivity contribution < 1.29 is 14.0 Å². The van der Waals surface area contributed by atoms with Crippen molar-refractivity contribution in [3.63, 3.8) is 0 Å². The van der Waals surface area contributed by atoms with Crippen LogP contribution < -0.4 is 25.0 Å². The van der Waals surface area contributed by atoms with Crippen molar-refractivity contribution in [1.29, 1.82) is 0 Å². The topological polar surface area (TPSA) is 76.4 Å². The molecule has 0 aliphatic heterocycles. The lowest BCUT2D eigenvalue weighted by atomic mass is 10.3. The maximum atomic E-state index is 5.22. The fourth-order valence-corrected chi connectivity index (χ4v) is 1.93. The fraction of sp³-hybridized carbons (Fsp3) is 0.412. The van der Waals surface area contributed by atoms with Crippen LogP contribution in [0.5, 0.6) is 11.5 Å². The van der Waals surface area contributed by atoms with Crippen LogP contribution in [0.2, 0.25) is 0 Å². The summed E-state index contributed by atoms with van der Waals surface area (Å²) in [5, 5.41) is 13.1. The molecule has 0 saturated heterocycles. The van der Waals surface area contributed by atoms with Gasteiger partial charge in [-0.3, -0.25) is 5.43 Å². The molecule has 0 spiro atoms. The van der Waals surface area contributed by atoms with Crippen LogP contribution in [0.25, 0.3) is 0 Å². The number of aromatic nitrogens is 2. The van der Waals surface area contributed by atoms with Gasteiger partial charge in [0.15, 0.2) is 11.2 Å². The van der Waals surface area contributed by atoms with E-state index in [1.807, 2.05) is 73.7 Å². The summed E-state index contributed by atoms with van der Waals surface area (Å²) in [5.74, 6) is 2.15. The average Bonchev–Trinajstić information content (AvgIpc) is 2.60. The Balaban J connectivity index is 2.21. The van der Waals surface area contributed by atoms with E-state index >= 15 is 0 Å². The van der Waals surface area contributed by atoms with Crippen LogP contribution in [-0.2, 0) is 14.1 Å². The highest BCUT2D eigenvalue weighted by molar-refractivity contribution is 5.30. The molecule has 134 valence electrons. The summed E-state index contributed by atoms with van der Waals surface area (Å²) in [5.41, 5.74) is 3.06. The number of azo groups is 1. The summed E-state index contributed by atoms with van der Waals surface area (Å²) in [6.45, 7) is 3.78. The molecule has 8 heteroatoms. The molecule has 0 aromatic carbocycles. The molecule has 2 rings (SSSR count). The van der Waals surface area contributed by atoms with Gasteiger partial charge in [-0.1, -0.05) is 0 Å². The van der Waals surface area contributed by atoms with Crippen molar-refractivity contribution >= 4 is 5.82 Å². The molecule has 0 fully saturated rings. The van der Waals surface area contributed by atoms with Crippen LogP contribution in [0.3, 0.4) is 0 Å². The van der Waals surface area contributed by atoms with Gasteiger partial charge in [0.05, 0.1) is 38.6 Å². The first-order chi connectivity index (χ1) is 11.8. The Morgan fingerprint density at radius 2 is 1.80 bits per heavy atom. The van der Waals surface area contributed by atoms with Gasteiger partial charge < -0.3 is 14.0 Å². The smallest absolute Gasteiger partial charge is 0.353 e. The Bertz CT molecular complexity index is 826. The van der Waals surface area contributed by atoms with Crippen LogP contribution in [0.1, 0.15) is 13.8 Å². The molecule has 0 unspecified atom stereocenters. The molecular formula is C17H25N6O2+. The summed E-state index contributed by atoms with van der Waals surface area (Å²) in [7, 11) is 7.05. The molecule has 2 aromatic rings. The highest BCUT2D eigenvalue weighted by atomic mass is 16.5. The first-order valence-electron chi connectivity index (χ1n) is 7.83. The Morgan fingerprint density at radius 1 is 1.12 bits per heavy atom. The molecule has 0 saturated carbocycles. The van der Waals surface area contributed by atoms with Crippen molar-refractivity contribution in [1.82, 2.24) is 9.99 Å². The number of rotatable bonds is 6. The van der Waals surface area contributed by atoms with Crippen LogP contribution in [-0.4, -0.2) is 24.4 Å². The third-order valence-electron chi connectivity index (χ3n) is 3.51. The Hall–Kier alpha value is -2.90. The van der Waals surface area contributed by atoms with Crippen molar-refractivity contribution in [2.45, 2.75) is 19.5 Å². The molecule has 0 aliphatic rings. The number of nitrogens with one attached hydrogen (secondary N) is 1. The van der Waals surface area contributed by atoms with E-state index in [4.69, 9.17) is 9.47 Å². The minimum absolute atomic E-state index is 0.682. The monoisotopic (exact) mass is 345 g/mol. The zero-order valence-electron chi connectivity index (χ0n) is 15.5. The Kier molecular flexibility index (Phi) is 5.74. The van der Waals surface area contributed by atoms with E-state index in [9.17, 15) is 0 Å². The number of hydrogen-bond acceptors (Lipinski definition) is 6. The zero-order valence-corrected chi connectivity index (χ0v) is 15.5. The molecule has 0 aliphatic carbocycles. The minimum atomic E-state index is -0.688. The molecule has 2 aromatic heterocycles. The van der Waals surface area contributed by atoms with Crippen LogP contribution in [0.15, 0.2) is 52.0 Å². The highest BCUT2D eigenvalue weighted by Crippen LogP contribution is 2.17. The third-order valence-corrected chi connectivity index (χ3v) is 3.51. The maximum absolute atomic E-state index is 5.22. The summed E-state index contributed by atoms with van der Waals surface area (Å²) in [4.78, 5) is 0. The van der Waals surface area contributed by atoms with Crippen LogP contribution in [0.4, 0.5) is 5.82 Å². The van der Waals surface area contributed by atoms with Gasteiger partial charge in [0.1, 0.15) is 11.5 Å². The number of methoxy groups -OCH3 is 2. The van der Waals surface area contributed by atoms with Crippen molar-refractivity contribution in [2.75, 3.05) is 14.2 Å². The SMILES string of the molecule is COc1cc[n+](C)c(N=NC(C)(C)N/N=c2\cc(OC)ccn2C)c1. The first-order valence-corrected chi connectivity index (χ1v) is 7.83. The number of nitrogens with zero attached hydrogens (tertiary/aromatic N) is 5. The fourth-order valence-electron chi connectivity index (χ4n) is 1.93. The normalized spacial score (nSPS) is 12.5. The molecule has 0 atom stereocenters. The second kappa shape index (κ2) is 7.78. The van der Waals surface area contributed by atoms with Crippen LogP contribution >= 0.6 is 0 Å². The van der Waals surface area contributed by atoms with Crippen LogP contribution in [0, 0.1) is 0 Å². The lowest BCUT2D eigenvalue weighted by Gasteiger charge is -2.14. The molecule has 1 N–H and O–H groups in total. The van der Waals surface area contributed by atoms with Gasteiger partial charge in [-0.15, -0.1) is 0 Å². The lowest BCUT2D eigenvalue weighted by Crippen LogP contribution is -2.36. The lowest BCUT2D eigenvalue weighted by molar-refractivity contribution is -0.658. The quantitative estimate of drug-likeness (QED) is 0.493. The number of aryl methyl sites for hydroxylation is 2. The number of hydrogen-bond donors (Lipinski definition) is 1. The average molecular weight is 345 g/mol. The number of ether oxygens (including phenoxy) is 2. The van der Waals surface area contributed by atoms with Crippen molar-refractivity contribution in [3.05, 3.63) is 42.1 Å². The molecule has 0 radical (unpaired) electrons. The molecule has 2 heterocycles. The standard InChI is InChI=1S/C17H25N6O2/c1-17(2,20-18-15-11-13(24-5)7-9-22(15)3)21-19-16-12-14(25-6)8-10-23(16)4/h7-12,20H,1-6H3/q+1/b18-15+. The van der Waals surface area contributed by atoms with Crippen molar-refractivity contribution in [2.24, 2.45) is 29.4 Å². The first kappa shape index (κ1) is 18.4. The zero-order chi connectivity index (χ0) is 18.4. The summed E-state index contributed by atoms with van der Waals surface area (Å²) >= 11 is 0. The predicted octanol–water partition coefficient (Wildman–Crippen LogP) is 1.79. The molecule has 0 amide bonds.